The van der Waals surface area contributed by atoms with Crippen molar-refractivity contribution in [1.82, 2.24) is 14.8 Å². The summed E-state index contributed by atoms with van der Waals surface area (Å²) in [5.74, 6) is -0.496. The van der Waals surface area contributed by atoms with Gasteiger partial charge in [0.05, 0.1) is 21.6 Å². The summed E-state index contributed by atoms with van der Waals surface area (Å²) in [6.45, 7) is 10.5. The lowest BCUT2D eigenvalue weighted by atomic mass is 10.1. The summed E-state index contributed by atoms with van der Waals surface area (Å²) in [5.41, 5.74) is 1.49. The van der Waals surface area contributed by atoms with Crippen LogP contribution in [0.4, 0.5) is 10.1 Å². The van der Waals surface area contributed by atoms with E-state index in [1.165, 1.54) is 42.6 Å². The fourth-order valence-corrected chi connectivity index (χ4v) is 5.55. The second-order valence-electron chi connectivity index (χ2n) is 8.57. The highest BCUT2D eigenvalue weighted by Crippen LogP contribution is 2.25. The summed E-state index contributed by atoms with van der Waals surface area (Å²) in [4.78, 5) is 21.0. The van der Waals surface area contributed by atoms with E-state index in [0.29, 0.717) is 37.9 Å². The molecule has 10 heteroatoms. The van der Waals surface area contributed by atoms with Crippen LogP contribution in [0.25, 0.3) is 11.5 Å². The lowest BCUT2D eigenvalue weighted by Crippen LogP contribution is -2.48. The van der Waals surface area contributed by atoms with Crippen molar-refractivity contribution in [1.29, 1.82) is 0 Å². The highest BCUT2D eigenvalue weighted by atomic mass is 35.5. The van der Waals surface area contributed by atoms with Gasteiger partial charge in [-0.2, -0.15) is 0 Å². The SMILES string of the molecule is C=C/C(=c1/ncccc1=C)S(=O)(=O)Nc1ccc(C(=O)N2CCN(Cc3ccc(F)cc3)CC2)c(Cl)c1. The summed E-state index contributed by atoms with van der Waals surface area (Å²) >= 11 is 6.40. The molecule has 37 heavy (non-hydrogen) atoms. The minimum absolute atomic E-state index is 0.118. The number of hydrogen-bond acceptors (Lipinski definition) is 5. The highest BCUT2D eigenvalue weighted by Gasteiger charge is 2.24. The van der Waals surface area contributed by atoms with Gasteiger partial charge in [-0.1, -0.05) is 43.0 Å². The first-order valence-corrected chi connectivity index (χ1v) is 13.4. The second-order valence-corrected chi connectivity index (χ2v) is 10.6. The van der Waals surface area contributed by atoms with Crippen LogP contribution in [0.15, 0.2) is 73.4 Å². The molecule has 1 amide bonds. The number of sulfonamides is 1. The predicted molar refractivity (Wildman–Crippen MR) is 144 cm³/mol. The molecule has 0 atom stereocenters. The number of nitrogens with zero attached hydrogens (tertiary/aromatic N) is 3. The Balaban J connectivity index is 1.44. The van der Waals surface area contributed by atoms with Crippen LogP contribution in [0.1, 0.15) is 15.9 Å². The van der Waals surface area contributed by atoms with Crippen LogP contribution in [-0.2, 0) is 16.6 Å². The van der Waals surface area contributed by atoms with Crippen molar-refractivity contribution >= 4 is 44.7 Å². The monoisotopic (exact) mass is 540 g/mol. The third-order valence-electron chi connectivity index (χ3n) is 6.03. The number of aromatic nitrogens is 1. The number of halogens is 2. The number of piperazine rings is 1. The lowest BCUT2D eigenvalue weighted by molar-refractivity contribution is 0.0628. The average molecular weight is 541 g/mol. The molecule has 192 valence electrons. The minimum atomic E-state index is -4.04. The molecule has 7 nitrogen and oxygen atoms in total. The number of carbonyl (C=O) groups is 1. The Bertz CT molecular complexity index is 1540. The number of carbonyl (C=O) groups excluding carboxylic acids is 1. The van der Waals surface area contributed by atoms with Gasteiger partial charge in [-0.15, -0.1) is 0 Å². The fourth-order valence-electron chi connectivity index (χ4n) is 4.08. The van der Waals surface area contributed by atoms with E-state index in [2.05, 4.69) is 27.8 Å². The Morgan fingerprint density at radius 3 is 2.43 bits per heavy atom. The van der Waals surface area contributed by atoms with E-state index in [1.54, 1.807) is 29.2 Å². The number of amides is 1. The molecule has 4 rings (SSSR count). The molecule has 0 radical (unpaired) electrons. The van der Waals surface area contributed by atoms with Gasteiger partial charge in [-0.25, -0.2) is 12.8 Å². The molecule has 1 aliphatic heterocycles. The van der Waals surface area contributed by atoms with Crippen LogP contribution in [0.3, 0.4) is 0 Å². The van der Waals surface area contributed by atoms with Crippen molar-refractivity contribution in [2.75, 3.05) is 30.9 Å². The molecule has 2 aromatic carbocycles. The molecule has 0 spiro atoms. The Morgan fingerprint density at radius 1 is 1.11 bits per heavy atom. The van der Waals surface area contributed by atoms with Crippen LogP contribution < -0.4 is 15.3 Å². The topological polar surface area (TPSA) is 82.6 Å². The third kappa shape index (κ3) is 6.25. The average Bonchev–Trinajstić information content (AvgIpc) is 2.87. The maximum atomic E-state index is 13.1. The molecule has 1 fully saturated rings. The van der Waals surface area contributed by atoms with Gasteiger partial charge >= 0.3 is 0 Å². The maximum absolute atomic E-state index is 13.1. The predicted octanol–water partition coefficient (Wildman–Crippen LogP) is 2.98. The van der Waals surface area contributed by atoms with E-state index in [1.807, 2.05) is 0 Å². The fraction of sp³-hybridized carbons (Fsp3) is 0.185. The highest BCUT2D eigenvalue weighted by molar-refractivity contribution is 8.01. The Hall–Kier alpha value is -3.53. The Labute approximate surface area is 220 Å². The quantitative estimate of drug-likeness (QED) is 0.498. The van der Waals surface area contributed by atoms with Crippen molar-refractivity contribution in [3.8, 4) is 0 Å². The maximum Gasteiger partial charge on any atom is 0.264 e. The van der Waals surface area contributed by atoms with Crippen LogP contribution in [0, 0.1) is 5.82 Å². The van der Waals surface area contributed by atoms with Gasteiger partial charge in [0.1, 0.15) is 10.7 Å². The lowest BCUT2D eigenvalue weighted by Gasteiger charge is -2.35. The van der Waals surface area contributed by atoms with Crippen molar-refractivity contribution in [2.24, 2.45) is 0 Å². The molecule has 1 N–H and O–H groups in total. The van der Waals surface area contributed by atoms with E-state index in [9.17, 15) is 17.6 Å². The molecule has 1 aromatic heterocycles. The number of benzene rings is 2. The Kier molecular flexibility index (Phi) is 8.06. The van der Waals surface area contributed by atoms with E-state index in [4.69, 9.17) is 11.6 Å². The summed E-state index contributed by atoms with van der Waals surface area (Å²) < 4.78 is 41.6. The summed E-state index contributed by atoms with van der Waals surface area (Å²) in [6.07, 6.45) is 2.68. The molecular formula is C27H26ClFN4O3S. The standard InChI is InChI=1S/C27H26ClFN4O3S/c1-3-25(26-19(2)5-4-12-30-26)37(35,36)31-22-10-11-23(24(28)17-22)27(34)33-15-13-32(14-16-33)18-20-6-8-21(29)9-7-20/h3-12,17,31H,1-2,13-16,18H2/b26-25-. The van der Waals surface area contributed by atoms with Gasteiger partial charge in [-0.05, 0) is 53.3 Å². The van der Waals surface area contributed by atoms with Crippen molar-refractivity contribution in [3.63, 3.8) is 0 Å². The zero-order valence-corrected chi connectivity index (χ0v) is 21.6. The first-order valence-electron chi connectivity index (χ1n) is 11.5. The largest absolute Gasteiger partial charge is 0.336 e. The van der Waals surface area contributed by atoms with Gasteiger partial charge in [-0.3, -0.25) is 19.4 Å². The third-order valence-corrected chi connectivity index (χ3v) is 7.79. The molecule has 2 heterocycles. The molecular weight excluding hydrogens is 515 g/mol. The molecule has 0 unspecified atom stereocenters. The van der Waals surface area contributed by atoms with Gasteiger partial charge in [0.2, 0.25) is 0 Å². The number of hydrogen-bond donors (Lipinski definition) is 1. The summed E-state index contributed by atoms with van der Waals surface area (Å²) in [5, 5.41) is 0.774. The van der Waals surface area contributed by atoms with Crippen molar-refractivity contribution < 1.29 is 17.6 Å². The first-order chi connectivity index (χ1) is 17.7. The van der Waals surface area contributed by atoms with E-state index in [0.717, 1.165) is 5.56 Å². The molecule has 1 aliphatic rings. The Morgan fingerprint density at radius 2 is 1.81 bits per heavy atom. The van der Waals surface area contributed by atoms with E-state index >= 15 is 0 Å². The normalized spacial score (nSPS) is 15.2. The van der Waals surface area contributed by atoms with Crippen LogP contribution in [0.2, 0.25) is 5.02 Å². The van der Waals surface area contributed by atoms with Crippen molar-refractivity contribution in [3.05, 3.63) is 106 Å². The van der Waals surface area contributed by atoms with Crippen LogP contribution in [-0.4, -0.2) is 55.3 Å². The molecule has 1 saturated heterocycles. The zero-order chi connectivity index (χ0) is 26.6. The minimum Gasteiger partial charge on any atom is -0.336 e. The smallest absolute Gasteiger partial charge is 0.264 e. The number of nitrogens with one attached hydrogen (secondary N) is 1. The number of rotatable bonds is 7. The second kappa shape index (κ2) is 11.2. The van der Waals surface area contributed by atoms with Gasteiger partial charge in [0, 0.05) is 38.9 Å². The van der Waals surface area contributed by atoms with E-state index < -0.39 is 10.0 Å². The van der Waals surface area contributed by atoms with E-state index in [-0.39, 0.29) is 38.3 Å². The molecule has 3 aromatic rings. The van der Waals surface area contributed by atoms with Crippen molar-refractivity contribution in [2.45, 2.75) is 6.54 Å². The molecule has 0 saturated carbocycles. The summed E-state index contributed by atoms with van der Waals surface area (Å²) in [6, 6.07) is 14.1. The molecule has 0 aliphatic carbocycles. The van der Waals surface area contributed by atoms with Gasteiger partial charge in [0.25, 0.3) is 15.9 Å². The summed E-state index contributed by atoms with van der Waals surface area (Å²) in [7, 11) is -4.04. The van der Waals surface area contributed by atoms with Gasteiger partial charge in [0.15, 0.2) is 0 Å². The van der Waals surface area contributed by atoms with Gasteiger partial charge < -0.3 is 4.90 Å². The zero-order valence-electron chi connectivity index (χ0n) is 20.0. The molecule has 0 bridgehead atoms. The first kappa shape index (κ1) is 26.5. The van der Waals surface area contributed by atoms with Crippen LogP contribution >= 0.6 is 11.6 Å². The van der Waals surface area contributed by atoms with Crippen LogP contribution in [0.5, 0.6) is 0 Å². The number of pyridine rings is 1. The number of anilines is 1.